The third-order valence-electron chi connectivity index (χ3n) is 8.16. The normalized spacial score (nSPS) is 16.4. The van der Waals surface area contributed by atoms with E-state index in [4.69, 9.17) is 4.74 Å². The molecule has 0 radical (unpaired) electrons. The van der Waals surface area contributed by atoms with Gasteiger partial charge in [0.15, 0.2) is 0 Å². The monoisotopic (exact) mass is 516 g/mol. The van der Waals surface area contributed by atoms with Crippen LogP contribution in [0.5, 0.6) is 0 Å². The summed E-state index contributed by atoms with van der Waals surface area (Å²) < 4.78 is 6.48. The minimum Gasteiger partial charge on any atom is -0.371 e. The number of fused-ring (bicyclic) bond motifs is 1. The molecule has 0 N–H and O–H groups in total. The molecule has 6 rings (SSSR count). The maximum absolute atomic E-state index is 12.9. The Kier molecular flexibility index (Phi) is 7.73. The first kappa shape index (κ1) is 25.4. The van der Waals surface area contributed by atoms with Gasteiger partial charge in [-0.15, -0.1) is 0 Å². The molecular weight excluding hydrogens is 480 g/mol. The van der Waals surface area contributed by atoms with E-state index in [2.05, 4.69) is 101 Å². The van der Waals surface area contributed by atoms with Crippen LogP contribution >= 0.6 is 0 Å². The predicted molar refractivity (Wildman–Crippen MR) is 157 cm³/mol. The van der Waals surface area contributed by atoms with Gasteiger partial charge in [0.25, 0.3) is 5.91 Å². The molecule has 1 saturated heterocycles. The van der Waals surface area contributed by atoms with E-state index in [9.17, 15) is 4.79 Å². The Morgan fingerprint density at radius 1 is 0.744 bits per heavy atom. The molecule has 4 nitrogen and oxygen atoms in total. The van der Waals surface area contributed by atoms with E-state index in [1.807, 2.05) is 18.2 Å². The lowest BCUT2D eigenvalue weighted by atomic mass is 9.99. The molecule has 4 aromatic carbocycles. The third kappa shape index (κ3) is 5.76. The fraction of sp³-hybridized carbons (Fsp3) is 0.286. The smallest absolute Gasteiger partial charge is 0.254 e. The lowest BCUT2D eigenvalue weighted by molar-refractivity contribution is 0.0675. The van der Waals surface area contributed by atoms with Gasteiger partial charge in [0, 0.05) is 43.5 Å². The van der Waals surface area contributed by atoms with Crippen molar-refractivity contribution in [3.8, 4) is 0 Å². The van der Waals surface area contributed by atoms with Crippen LogP contribution in [0.1, 0.15) is 58.0 Å². The Morgan fingerprint density at radius 2 is 1.38 bits per heavy atom. The molecule has 2 aliphatic rings. The summed E-state index contributed by atoms with van der Waals surface area (Å²) in [5.41, 5.74) is 7.00. The Hall–Kier alpha value is -3.89. The van der Waals surface area contributed by atoms with Gasteiger partial charge in [0.1, 0.15) is 6.10 Å². The van der Waals surface area contributed by atoms with Crippen molar-refractivity contribution in [3.63, 3.8) is 0 Å². The van der Waals surface area contributed by atoms with Gasteiger partial charge in [-0.2, -0.15) is 0 Å². The molecule has 0 spiro atoms. The molecule has 0 bridgehead atoms. The second-order valence-corrected chi connectivity index (χ2v) is 10.7. The number of carbonyl (C=O) groups excluding carboxylic acids is 1. The highest BCUT2D eigenvalue weighted by atomic mass is 16.5. The van der Waals surface area contributed by atoms with Crippen LogP contribution in [-0.2, 0) is 17.7 Å². The highest BCUT2D eigenvalue weighted by molar-refractivity contribution is 5.98. The summed E-state index contributed by atoms with van der Waals surface area (Å²) in [7, 11) is 0. The van der Waals surface area contributed by atoms with Gasteiger partial charge in [0.2, 0.25) is 0 Å². The fourth-order valence-electron chi connectivity index (χ4n) is 6.00. The van der Waals surface area contributed by atoms with Crippen molar-refractivity contribution in [3.05, 3.63) is 137 Å². The SMILES string of the molecule is O=C1c2ccccc2CN1C1CCN(c2ccc(C(OCCCc3ccccc3)c3ccccc3)cc2)CC1. The predicted octanol–water partition coefficient (Wildman–Crippen LogP) is 7.05. The number of ether oxygens (including phenoxy) is 1. The molecule has 1 atom stereocenters. The molecule has 0 saturated carbocycles. The summed E-state index contributed by atoms with van der Waals surface area (Å²) in [5, 5.41) is 0. The van der Waals surface area contributed by atoms with Crippen molar-refractivity contribution in [1.29, 1.82) is 0 Å². The van der Waals surface area contributed by atoms with Crippen molar-refractivity contribution >= 4 is 11.6 Å². The van der Waals surface area contributed by atoms with Crippen LogP contribution in [0.2, 0.25) is 0 Å². The number of carbonyl (C=O) groups is 1. The molecule has 1 amide bonds. The van der Waals surface area contributed by atoms with Crippen LogP contribution in [0.25, 0.3) is 0 Å². The molecule has 4 aromatic rings. The first-order valence-corrected chi connectivity index (χ1v) is 14.2. The number of rotatable bonds is 9. The van der Waals surface area contributed by atoms with E-state index in [-0.39, 0.29) is 12.0 Å². The highest BCUT2D eigenvalue weighted by Gasteiger charge is 2.34. The number of aryl methyl sites for hydroxylation is 1. The standard InChI is InChI=1S/C35H36N2O2/c38-35-33-16-8-7-15-30(33)26-37(35)32-21-23-36(24-22-32)31-19-17-29(18-20-31)34(28-13-5-2-6-14-28)39-25-9-12-27-10-3-1-4-11-27/h1-8,10-11,13-20,32,34H,9,12,21-26H2. The van der Waals surface area contributed by atoms with Gasteiger partial charge in [-0.3, -0.25) is 4.79 Å². The van der Waals surface area contributed by atoms with Crippen molar-refractivity contribution < 1.29 is 9.53 Å². The van der Waals surface area contributed by atoms with Gasteiger partial charge < -0.3 is 14.5 Å². The maximum atomic E-state index is 12.9. The summed E-state index contributed by atoms with van der Waals surface area (Å²) in [6.07, 6.45) is 3.93. The van der Waals surface area contributed by atoms with Crippen molar-refractivity contribution in [2.24, 2.45) is 0 Å². The summed E-state index contributed by atoms with van der Waals surface area (Å²) in [5.74, 6) is 0.198. The lowest BCUT2D eigenvalue weighted by Crippen LogP contribution is -2.45. The van der Waals surface area contributed by atoms with E-state index in [0.29, 0.717) is 12.6 Å². The average molecular weight is 517 g/mol. The molecule has 198 valence electrons. The van der Waals surface area contributed by atoms with Crippen LogP contribution < -0.4 is 4.90 Å². The molecule has 1 unspecified atom stereocenters. The molecule has 2 heterocycles. The molecular formula is C35H36N2O2. The Morgan fingerprint density at radius 3 is 2.10 bits per heavy atom. The van der Waals surface area contributed by atoms with E-state index in [0.717, 1.165) is 56.4 Å². The van der Waals surface area contributed by atoms with E-state index in [1.54, 1.807) is 0 Å². The summed E-state index contributed by atoms with van der Waals surface area (Å²) in [4.78, 5) is 17.5. The highest BCUT2D eigenvalue weighted by Crippen LogP contribution is 2.32. The zero-order valence-corrected chi connectivity index (χ0v) is 22.4. The molecule has 0 aromatic heterocycles. The average Bonchev–Trinajstić information content (AvgIpc) is 3.35. The number of hydrogen-bond acceptors (Lipinski definition) is 3. The second kappa shape index (κ2) is 11.9. The Labute approximate surface area is 231 Å². The number of nitrogens with zero attached hydrogens (tertiary/aromatic N) is 2. The minimum absolute atomic E-state index is 0.0791. The number of piperidine rings is 1. The number of hydrogen-bond donors (Lipinski definition) is 0. The number of amides is 1. The zero-order valence-electron chi connectivity index (χ0n) is 22.4. The van der Waals surface area contributed by atoms with Gasteiger partial charge in [-0.25, -0.2) is 0 Å². The first-order chi connectivity index (χ1) is 19.3. The van der Waals surface area contributed by atoms with E-state index < -0.39 is 0 Å². The summed E-state index contributed by atoms with van der Waals surface area (Å²) in [6.45, 7) is 3.38. The Bertz CT molecular complexity index is 1360. The van der Waals surface area contributed by atoms with Crippen molar-refractivity contribution in [2.75, 3.05) is 24.6 Å². The molecule has 4 heteroatoms. The molecule has 0 aliphatic carbocycles. The summed E-state index contributed by atoms with van der Waals surface area (Å²) >= 11 is 0. The van der Waals surface area contributed by atoms with Gasteiger partial charge in [-0.1, -0.05) is 91.0 Å². The van der Waals surface area contributed by atoms with Gasteiger partial charge >= 0.3 is 0 Å². The van der Waals surface area contributed by atoms with E-state index >= 15 is 0 Å². The van der Waals surface area contributed by atoms with Gasteiger partial charge in [0.05, 0.1) is 0 Å². The maximum Gasteiger partial charge on any atom is 0.254 e. The van der Waals surface area contributed by atoms with Crippen molar-refractivity contribution in [2.45, 2.75) is 44.4 Å². The molecule has 1 fully saturated rings. The largest absolute Gasteiger partial charge is 0.371 e. The Balaban J connectivity index is 1.07. The van der Waals surface area contributed by atoms with Crippen LogP contribution in [0.15, 0.2) is 109 Å². The second-order valence-electron chi connectivity index (χ2n) is 10.7. The molecule has 39 heavy (non-hydrogen) atoms. The van der Waals surface area contributed by atoms with Crippen LogP contribution in [-0.4, -0.2) is 36.5 Å². The quantitative estimate of drug-likeness (QED) is 0.224. The first-order valence-electron chi connectivity index (χ1n) is 14.2. The zero-order chi connectivity index (χ0) is 26.4. The van der Waals surface area contributed by atoms with Gasteiger partial charge in [-0.05, 0) is 66.1 Å². The van der Waals surface area contributed by atoms with Crippen LogP contribution in [0.3, 0.4) is 0 Å². The lowest BCUT2D eigenvalue weighted by Gasteiger charge is -2.38. The van der Waals surface area contributed by atoms with Crippen molar-refractivity contribution in [1.82, 2.24) is 4.90 Å². The minimum atomic E-state index is -0.0791. The number of anilines is 1. The van der Waals surface area contributed by atoms with E-state index in [1.165, 1.54) is 22.4 Å². The number of benzene rings is 4. The van der Waals surface area contributed by atoms with Crippen LogP contribution in [0.4, 0.5) is 5.69 Å². The molecule has 2 aliphatic heterocycles. The fourth-order valence-corrected chi connectivity index (χ4v) is 6.00. The topological polar surface area (TPSA) is 32.8 Å². The van der Waals surface area contributed by atoms with Crippen LogP contribution in [0, 0.1) is 0 Å². The summed E-state index contributed by atoms with van der Waals surface area (Å²) in [6, 6.07) is 38.4. The third-order valence-corrected chi connectivity index (χ3v) is 8.16.